The summed E-state index contributed by atoms with van der Waals surface area (Å²) >= 11 is 0. The number of hydrogen-bond acceptors (Lipinski definition) is 6. The van der Waals surface area contributed by atoms with Crippen molar-refractivity contribution in [1.82, 2.24) is 0 Å². The minimum atomic E-state index is -5.17. The molecule has 0 heterocycles. The van der Waals surface area contributed by atoms with Gasteiger partial charge in [-0.2, -0.15) is 21.9 Å². The van der Waals surface area contributed by atoms with Crippen LogP contribution in [0.5, 0.6) is 0 Å². The first-order chi connectivity index (χ1) is 4.00. The molecule has 0 aromatic heterocycles. The molecule has 0 unspecified atom stereocenters. The van der Waals surface area contributed by atoms with Gasteiger partial charge in [0.1, 0.15) is 0 Å². The van der Waals surface area contributed by atoms with E-state index in [0.29, 0.717) is 0 Å². The predicted molar refractivity (Wildman–Crippen MR) is 35.0 cm³/mol. The molecule has 0 radical (unpaired) electrons. The molecule has 0 aliphatic rings. The zero-order valence-electron chi connectivity index (χ0n) is 6.66. The molecule has 0 aromatic carbocycles. The van der Waals surface area contributed by atoms with Gasteiger partial charge in [0, 0.05) is 10.4 Å². The van der Waals surface area contributed by atoms with Crippen molar-refractivity contribution in [3.63, 3.8) is 0 Å². The van der Waals surface area contributed by atoms with Crippen molar-refractivity contribution in [2.45, 2.75) is 0 Å². The van der Waals surface area contributed by atoms with E-state index in [4.69, 9.17) is 35.0 Å². The first-order valence-electron chi connectivity index (χ1n) is 1.37. The number of rotatable bonds is 0. The van der Waals surface area contributed by atoms with Crippen LogP contribution < -0.4 is 103 Å². The smallest absolute Gasteiger partial charge is 0.759 e. The fraction of sp³-hybridized carbons (Fsp3) is 0. The molecule has 0 amide bonds. The van der Waals surface area contributed by atoms with Crippen LogP contribution in [0, 0.1) is 0 Å². The van der Waals surface area contributed by atoms with Crippen LogP contribution >= 0.6 is 13.5 Å². The molecule has 0 saturated heterocycles. The zero-order chi connectivity index (χ0) is 9.00. The van der Waals surface area contributed by atoms with Crippen molar-refractivity contribution in [3.05, 3.63) is 0 Å². The molecular formula is H4K2O8S3. The van der Waals surface area contributed by atoms with Crippen molar-refractivity contribution in [1.29, 1.82) is 0 Å². The fourth-order valence-corrected chi connectivity index (χ4v) is 0. The molecular weight excluding hydrogens is 302 g/mol. The van der Waals surface area contributed by atoms with E-state index in [1.165, 1.54) is 0 Å². The van der Waals surface area contributed by atoms with E-state index < -0.39 is 20.8 Å². The van der Waals surface area contributed by atoms with Gasteiger partial charge in [-0.05, 0) is 0 Å². The summed E-state index contributed by atoms with van der Waals surface area (Å²) in [5.74, 6) is 0. The second-order valence-electron chi connectivity index (χ2n) is 0.856. The van der Waals surface area contributed by atoms with Gasteiger partial charge in [0.15, 0.2) is 0 Å². The standard InChI is InChI=1S/2K.2H2O4S.H2S/c;;2*1-5(2,3)4;/h;;2*(H2,1,2,3,4);1H2/q2*+1;;;/p-2. The van der Waals surface area contributed by atoms with Crippen molar-refractivity contribution >= 4 is 34.3 Å². The van der Waals surface area contributed by atoms with Gasteiger partial charge in [-0.1, -0.05) is 0 Å². The average molecular weight is 306 g/mol. The van der Waals surface area contributed by atoms with E-state index in [-0.39, 0.29) is 116 Å². The molecule has 0 aromatic rings. The Balaban J connectivity index is -0.0000000267. The van der Waals surface area contributed by atoms with Gasteiger partial charge < -0.3 is 9.11 Å². The molecule has 13 heteroatoms. The second kappa shape index (κ2) is 13.4. The topological polar surface area (TPSA) is 155 Å². The molecule has 0 rings (SSSR count). The van der Waals surface area contributed by atoms with Crippen LogP contribution in [0.4, 0.5) is 0 Å². The quantitative estimate of drug-likeness (QED) is 0.254. The molecule has 0 saturated carbocycles. The van der Waals surface area contributed by atoms with Gasteiger partial charge in [0.05, 0.1) is 0 Å². The van der Waals surface area contributed by atoms with Crippen LogP contribution in [0.25, 0.3) is 0 Å². The van der Waals surface area contributed by atoms with Gasteiger partial charge in [-0.15, -0.1) is 0 Å². The molecule has 0 fully saturated rings. The molecule has 13 heavy (non-hydrogen) atoms. The van der Waals surface area contributed by atoms with Crippen LogP contribution in [0.2, 0.25) is 0 Å². The molecule has 2 N–H and O–H groups in total. The van der Waals surface area contributed by atoms with E-state index in [1.54, 1.807) is 0 Å². The van der Waals surface area contributed by atoms with Gasteiger partial charge in [0.2, 0.25) is 0 Å². The Morgan fingerprint density at radius 3 is 0.846 bits per heavy atom. The molecule has 0 bridgehead atoms. The first-order valence-corrected chi connectivity index (χ1v) is 4.10. The minimum Gasteiger partial charge on any atom is -0.759 e. The largest absolute Gasteiger partial charge is 1.00 e. The van der Waals surface area contributed by atoms with E-state index in [9.17, 15) is 0 Å². The summed E-state index contributed by atoms with van der Waals surface area (Å²) in [6.45, 7) is 0. The summed E-state index contributed by atoms with van der Waals surface area (Å²) in [6.07, 6.45) is 0. The first kappa shape index (κ1) is 29.9. The Morgan fingerprint density at radius 2 is 0.846 bits per heavy atom. The Morgan fingerprint density at radius 1 is 0.846 bits per heavy atom. The SMILES string of the molecule is O=S(=O)(O)O.O=S(=O)([O-])[O-].S.[K+].[K+]. The summed E-state index contributed by atoms with van der Waals surface area (Å²) in [6, 6.07) is 0. The van der Waals surface area contributed by atoms with E-state index in [0.717, 1.165) is 0 Å². The summed E-state index contributed by atoms with van der Waals surface area (Å²) in [5.41, 5.74) is 0. The van der Waals surface area contributed by atoms with Crippen LogP contribution in [0.3, 0.4) is 0 Å². The van der Waals surface area contributed by atoms with Gasteiger partial charge >= 0.3 is 113 Å². The monoisotopic (exact) mass is 306 g/mol. The second-order valence-corrected chi connectivity index (χ2v) is 2.57. The maximum Gasteiger partial charge on any atom is 1.00 e. The van der Waals surface area contributed by atoms with Crippen molar-refractivity contribution in [2.24, 2.45) is 0 Å². The van der Waals surface area contributed by atoms with Gasteiger partial charge in [0.25, 0.3) is 0 Å². The summed E-state index contributed by atoms with van der Waals surface area (Å²) < 4.78 is 65.7. The van der Waals surface area contributed by atoms with E-state index in [1.807, 2.05) is 0 Å². The molecule has 72 valence electrons. The summed E-state index contributed by atoms with van der Waals surface area (Å²) in [5, 5.41) is 0. The third kappa shape index (κ3) is 243. The van der Waals surface area contributed by atoms with Crippen LogP contribution in [-0.4, -0.2) is 35.0 Å². The van der Waals surface area contributed by atoms with Crippen molar-refractivity contribution < 1.29 is 138 Å². The molecule has 8 nitrogen and oxygen atoms in total. The van der Waals surface area contributed by atoms with Gasteiger partial charge in [-0.3, -0.25) is 17.5 Å². The van der Waals surface area contributed by atoms with Crippen molar-refractivity contribution in [3.8, 4) is 0 Å². The predicted octanol–water partition coefficient (Wildman–Crippen LogP) is -7.87. The van der Waals surface area contributed by atoms with Crippen molar-refractivity contribution in [2.75, 3.05) is 0 Å². The van der Waals surface area contributed by atoms with Crippen LogP contribution in [0.1, 0.15) is 0 Å². The molecule has 0 aliphatic heterocycles. The maximum absolute atomic E-state index is 8.74. The summed E-state index contributed by atoms with van der Waals surface area (Å²) in [7, 11) is -9.83. The third-order valence-corrected chi connectivity index (χ3v) is 0. The molecule has 0 atom stereocenters. The Bertz CT molecular complexity index is 214. The van der Waals surface area contributed by atoms with Crippen LogP contribution in [-0.2, 0) is 20.8 Å². The van der Waals surface area contributed by atoms with E-state index >= 15 is 0 Å². The maximum atomic E-state index is 8.74. The fourth-order valence-electron chi connectivity index (χ4n) is 0. The minimum absolute atomic E-state index is 0. The molecule has 0 aliphatic carbocycles. The Hall–Kier alpha value is 3.36. The number of hydrogen-bond donors (Lipinski definition) is 2. The third-order valence-electron chi connectivity index (χ3n) is 0. The zero-order valence-corrected chi connectivity index (χ0v) is 15.5. The normalized spacial score (nSPS) is 8.92. The van der Waals surface area contributed by atoms with Crippen LogP contribution in [0.15, 0.2) is 0 Å². The Labute approximate surface area is 168 Å². The average Bonchev–Trinajstić information content (AvgIpc) is 1.12. The van der Waals surface area contributed by atoms with Gasteiger partial charge in [-0.25, -0.2) is 0 Å². The van der Waals surface area contributed by atoms with E-state index in [2.05, 4.69) is 0 Å². The Kier molecular flexibility index (Phi) is 30.9. The summed E-state index contributed by atoms with van der Waals surface area (Å²) in [4.78, 5) is 0. The molecule has 0 spiro atoms.